The molecule has 0 aliphatic rings. The summed E-state index contributed by atoms with van der Waals surface area (Å²) in [6, 6.07) is 20.5. The molecule has 0 unspecified atom stereocenters. The van der Waals surface area contributed by atoms with Gasteiger partial charge < -0.3 is 0 Å². The van der Waals surface area contributed by atoms with Crippen molar-refractivity contribution < 1.29 is 0 Å². The van der Waals surface area contributed by atoms with Crippen molar-refractivity contribution in [1.29, 1.82) is 0 Å². The number of aromatic nitrogens is 2. The lowest BCUT2D eigenvalue weighted by molar-refractivity contribution is 1.16. The molecular formula is C24H22N2. The second-order valence-electron chi connectivity index (χ2n) is 6.05. The lowest BCUT2D eigenvalue weighted by Gasteiger charge is -2.09. The summed E-state index contributed by atoms with van der Waals surface area (Å²) in [5.41, 5.74) is 6.02. The van der Waals surface area contributed by atoms with E-state index in [1.54, 1.807) is 0 Å². The van der Waals surface area contributed by atoms with Crippen molar-refractivity contribution in [3.8, 4) is 22.6 Å². The number of aryl methyl sites for hydroxylation is 1. The molecular weight excluding hydrogens is 316 g/mol. The Balaban J connectivity index is 2.19. The second kappa shape index (κ2) is 8.21. The Labute approximate surface area is 155 Å². The van der Waals surface area contributed by atoms with Crippen LogP contribution in [0, 0.1) is 6.92 Å². The van der Waals surface area contributed by atoms with Crippen molar-refractivity contribution in [2.75, 3.05) is 0 Å². The van der Waals surface area contributed by atoms with Crippen LogP contribution in [0.15, 0.2) is 91.5 Å². The van der Waals surface area contributed by atoms with Crippen molar-refractivity contribution in [3.63, 3.8) is 0 Å². The van der Waals surface area contributed by atoms with Crippen molar-refractivity contribution in [2.45, 2.75) is 13.8 Å². The van der Waals surface area contributed by atoms with Gasteiger partial charge in [0.15, 0.2) is 5.82 Å². The summed E-state index contributed by atoms with van der Waals surface area (Å²) in [5.74, 6) is 0.717. The maximum Gasteiger partial charge on any atom is 0.160 e. The van der Waals surface area contributed by atoms with Crippen molar-refractivity contribution in [1.82, 2.24) is 9.97 Å². The van der Waals surface area contributed by atoms with Crippen molar-refractivity contribution in [3.05, 3.63) is 103 Å². The Morgan fingerprint density at radius 3 is 2.31 bits per heavy atom. The molecule has 0 N–H and O–H groups in total. The molecule has 2 nitrogen and oxygen atoms in total. The molecule has 2 heteroatoms. The molecule has 0 saturated heterocycles. The summed E-state index contributed by atoms with van der Waals surface area (Å²) < 4.78 is 0. The third-order valence-corrected chi connectivity index (χ3v) is 4.09. The smallest absolute Gasteiger partial charge is 0.160 e. The topological polar surface area (TPSA) is 25.8 Å². The molecule has 0 radical (unpaired) electrons. The Bertz CT molecular complexity index is 949. The van der Waals surface area contributed by atoms with Gasteiger partial charge in [0.2, 0.25) is 0 Å². The van der Waals surface area contributed by atoms with Crippen LogP contribution in [0.1, 0.15) is 18.2 Å². The lowest BCUT2D eigenvalue weighted by atomic mass is 10.1. The fourth-order valence-corrected chi connectivity index (χ4v) is 2.64. The molecule has 0 saturated carbocycles. The Hall–Kier alpha value is -3.26. The molecule has 0 fully saturated rings. The number of hydrogen-bond acceptors (Lipinski definition) is 2. The van der Waals surface area contributed by atoms with Crippen molar-refractivity contribution >= 4 is 5.57 Å². The van der Waals surface area contributed by atoms with Gasteiger partial charge in [-0.05, 0) is 25.5 Å². The molecule has 0 amide bonds. The van der Waals surface area contributed by atoms with Crippen LogP contribution in [0.4, 0.5) is 0 Å². The molecule has 0 spiro atoms. The van der Waals surface area contributed by atoms with Crippen LogP contribution >= 0.6 is 0 Å². The van der Waals surface area contributed by atoms with E-state index in [0.717, 1.165) is 33.9 Å². The van der Waals surface area contributed by atoms with E-state index in [4.69, 9.17) is 9.97 Å². The Morgan fingerprint density at radius 1 is 0.923 bits per heavy atom. The molecule has 0 aliphatic carbocycles. The average molecular weight is 338 g/mol. The molecule has 0 atom stereocenters. The van der Waals surface area contributed by atoms with Gasteiger partial charge in [-0.3, -0.25) is 0 Å². The SMILES string of the molecule is C=C/C(=C\C=C/C)c1cc(-c2ccccc2)nc(-c2ccc(C)cc2)n1. The molecule has 1 heterocycles. The van der Waals surface area contributed by atoms with E-state index < -0.39 is 0 Å². The largest absolute Gasteiger partial charge is 0.228 e. The van der Waals surface area contributed by atoms with Gasteiger partial charge in [0.05, 0.1) is 11.4 Å². The highest BCUT2D eigenvalue weighted by atomic mass is 14.9. The molecule has 26 heavy (non-hydrogen) atoms. The zero-order valence-electron chi connectivity index (χ0n) is 15.2. The summed E-state index contributed by atoms with van der Waals surface area (Å²) in [6.45, 7) is 8.01. The number of allylic oxidation sites excluding steroid dienone is 5. The normalized spacial score (nSPS) is 11.7. The monoisotopic (exact) mass is 338 g/mol. The van der Waals surface area contributed by atoms with Crippen LogP contribution in [0.25, 0.3) is 28.2 Å². The minimum Gasteiger partial charge on any atom is -0.228 e. The molecule has 3 aromatic rings. The van der Waals surface area contributed by atoms with Gasteiger partial charge in [0.25, 0.3) is 0 Å². The van der Waals surface area contributed by atoms with E-state index in [2.05, 4.69) is 49.9 Å². The highest BCUT2D eigenvalue weighted by molar-refractivity contribution is 5.77. The molecule has 128 valence electrons. The number of hydrogen-bond donors (Lipinski definition) is 0. The maximum absolute atomic E-state index is 4.81. The van der Waals surface area contributed by atoms with E-state index in [1.165, 1.54) is 5.56 Å². The van der Waals surface area contributed by atoms with E-state index in [1.807, 2.05) is 55.5 Å². The third-order valence-electron chi connectivity index (χ3n) is 4.09. The van der Waals surface area contributed by atoms with Gasteiger partial charge >= 0.3 is 0 Å². The van der Waals surface area contributed by atoms with E-state index in [9.17, 15) is 0 Å². The van der Waals surface area contributed by atoms with Crippen LogP contribution in [0.5, 0.6) is 0 Å². The molecule has 1 aromatic heterocycles. The van der Waals surface area contributed by atoms with Crippen LogP contribution in [-0.4, -0.2) is 9.97 Å². The Morgan fingerprint density at radius 2 is 1.65 bits per heavy atom. The first-order chi connectivity index (χ1) is 12.7. The van der Waals surface area contributed by atoms with E-state index in [-0.39, 0.29) is 0 Å². The maximum atomic E-state index is 4.81. The predicted octanol–water partition coefficient (Wildman–Crippen LogP) is 6.26. The third kappa shape index (κ3) is 4.04. The van der Waals surface area contributed by atoms with Crippen LogP contribution in [0.2, 0.25) is 0 Å². The quantitative estimate of drug-likeness (QED) is 0.513. The number of rotatable bonds is 5. The first-order valence-corrected chi connectivity index (χ1v) is 8.68. The first kappa shape index (κ1) is 17.6. The predicted molar refractivity (Wildman–Crippen MR) is 111 cm³/mol. The van der Waals surface area contributed by atoms with Crippen LogP contribution in [0.3, 0.4) is 0 Å². The first-order valence-electron chi connectivity index (χ1n) is 8.68. The van der Waals surface area contributed by atoms with Crippen LogP contribution < -0.4 is 0 Å². The number of nitrogens with zero attached hydrogens (tertiary/aromatic N) is 2. The highest BCUT2D eigenvalue weighted by Crippen LogP contribution is 2.26. The molecule has 0 bridgehead atoms. The second-order valence-corrected chi connectivity index (χ2v) is 6.05. The Kier molecular flexibility index (Phi) is 5.55. The summed E-state index contributed by atoms with van der Waals surface area (Å²) in [6.07, 6.45) is 7.83. The zero-order valence-corrected chi connectivity index (χ0v) is 15.2. The summed E-state index contributed by atoms with van der Waals surface area (Å²) in [5, 5.41) is 0. The summed E-state index contributed by atoms with van der Waals surface area (Å²) in [4.78, 5) is 9.61. The molecule has 0 aliphatic heterocycles. The van der Waals surface area contributed by atoms with Gasteiger partial charge in [0, 0.05) is 11.1 Å². The van der Waals surface area contributed by atoms with Gasteiger partial charge in [-0.2, -0.15) is 0 Å². The van der Waals surface area contributed by atoms with E-state index in [0.29, 0.717) is 0 Å². The summed E-state index contributed by atoms with van der Waals surface area (Å²) >= 11 is 0. The fraction of sp³-hybridized carbons (Fsp3) is 0.0833. The minimum atomic E-state index is 0.717. The molecule has 3 rings (SSSR count). The number of benzene rings is 2. The average Bonchev–Trinajstić information content (AvgIpc) is 2.69. The van der Waals surface area contributed by atoms with Gasteiger partial charge in [-0.15, -0.1) is 0 Å². The zero-order chi connectivity index (χ0) is 18.4. The van der Waals surface area contributed by atoms with Gasteiger partial charge in [-0.25, -0.2) is 9.97 Å². The van der Waals surface area contributed by atoms with Gasteiger partial charge in [-0.1, -0.05) is 91.0 Å². The molecule has 2 aromatic carbocycles. The van der Waals surface area contributed by atoms with Crippen molar-refractivity contribution in [2.24, 2.45) is 0 Å². The van der Waals surface area contributed by atoms with Crippen LogP contribution in [-0.2, 0) is 0 Å². The minimum absolute atomic E-state index is 0.717. The summed E-state index contributed by atoms with van der Waals surface area (Å²) in [7, 11) is 0. The van der Waals surface area contributed by atoms with Gasteiger partial charge in [0.1, 0.15) is 0 Å². The fourth-order valence-electron chi connectivity index (χ4n) is 2.64. The lowest BCUT2D eigenvalue weighted by Crippen LogP contribution is -1.97. The highest BCUT2D eigenvalue weighted by Gasteiger charge is 2.10. The standard InChI is InChI=1S/C24H22N2/c1-4-6-10-19(5-2)22-17-23(20-11-8-7-9-12-20)26-24(25-22)21-15-13-18(3)14-16-21/h4-17H,2H2,1,3H3/b6-4-,19-10+. The van der Waals surface area contributed by atoms with E-state index >= 15 is 0 Å².